The highest BCUT2D eigenvalue weighted by Crippen LogP contribution is 2.35. The molecule has 2 aromatic carbocycles. The summed E-state index contributed by atoms with van der Waals surface area (Å²) in [5, 5.41) is 10.5. The van der Waals surface area contributed by atoms with E-state index in [0.29, 0.717) is 35.2 Å². The Morgan fingerprint density at radius 2 is 1.88 bits per heavy atom. The van der Waals surface area contributed by atoms with Crippen molar-refractivity contribution in [1.82, 2.24) is 15.1 Å². The second kappa shape index (κ2) is 9.19. The number of anilines is 1. The van der Waals surface area contributed by atoms with Crippen LogP contribution in [0.15, 0.2) is 48.5 Å². The van der Waals surface area contributed by atoms with Gasteiger partial charge in [0.25, 0.3) is 0 Å². The topological polar surface area (TPSA) is 66.4 Å². The molecule has 3 aromatic rings. The van der Waals surface area contributed by atoms with E-state index in [1.165, 1.54) is 17.4 Å². The van der Waals surface area contributed by atoms with E-state index in [-0.39, 0.29) is 35.9 Å². The van der Waals surface area contributed by atoms with Crippen molar-refractivity contribution in [2.75, 3.05) is 24.5 Å². The molecule has 0 radical (unpaired) electrons. The van der Waals surface area contributed by atoms with Crippen LogP contribution in [-0.4, -0.2) is 46.5 Å². The number of hydrogen-bond donors (Lipinski definition) is 0. The quantitative estimate of drug-likeness (QED) is 0.535. The van der Waals surface area contributed by atoms with Gasteiger partial charge in [-0.3, -0.25) is 9.59 Å². The normalized spacial score (nSPS) is 21.0. The van der Waals surface area contributed by atoms with Gasteiger partial charge in [0.15, 0.2) is 5.01 Å². The monoisotopic (exact) mass is 484 g/mol. The number of piperidine rings is 1. The van der Waals surface area contributed by atoms with Gasteiger partial charge in [-0.25, -0.2) is 4.39 Å². The van der Waals surface area contributed by atoms with E-state index in [4.69, 9.17) is 11.6 Å². The number of rotatable bonds is 4. The van der Waals surface area contributed by atoms with E-state index >= 15 is 0 Å². The Balaban J connectivity index is 1.26. The van der Waals surface area contributed by atoms with Crippen LogP contribution in [0.2, 0.25) is 5.02 Å². The van der Waals surface area contributed by atoms with Crippen molar-refractivity contribution in [3.05, 3.63) is 64.4 Å². The van der Waals surface area contributed by atoms with Crippen LogP contribution in [-0.2, 0) is 9.59 Å². The molecule has 2 amide bonds. The van der Waals surface area contributed by atoms with E-state index < -0.39 is 0 Å². The molecule has 2 fully saturated rings. The van der Waals surface area contributed by atoms with E-state index in [9.17, 15) is 14.0 Å². The Hall–Kier alpha value is -2.84. The molecule has 0 unspecified atom stereocenters. The van der Waals surface area contributed by atoms with Gasteiger partial charge in [-0.1, -0.05) is 35.1 Å². The number of nitrogens with zero attached hydrogens (tertiary/aromatic N) is 4. The van der Waals surface area contributed by atoms with Gasteiger partial charge >= 0.3 is 0 Å². The van der Waals surface area contributed by atoms with E-state index in [1.54, 1.807) is 47.4 Å². The summed E-state index contributed by atoms with van der Waals surface area (Å²) in [4.78, 5) is 29.4. The van der Waals surface area contributed by atoms with Crippen molar-refractivity contribution in [2.24, 2.45) is 5.92 Å². The SMILES string of the molecule is O=C([C@@H]1CC(=O)N(c2ccc(Cl)cc2)C1)N1CCC[C@H](c2nnc(-c3ccccc3F)s2)C1. The zero-order valence-corrected chi connectivity index (χ0v) is 19.4. The molecule has 0 N–H and O–H groups in total. The van der Waals surface area contributed by atoms with Crippen LogP contribution in [0.1, 0.15) is 30.2 Å². The van der Waals surface area contributed by atoms with E-state index in [1.807, 2.05) is 4.90 Å². The number of carbonyl (C=O) groups excluding carboxylic acids is 2. The van der Waals surface area contributed by atoms with Gasteiger partial charge in [0.2, 0.25) is 11.8 Å². The molecule has 1 aromatic heterocycles. The molecule has 0 aliphatic carbocycles. The minimum absolute atomic E-state index is 0.00311. The molecule has 0 saturated carbocycles. The first kappa shape index (κ1) is 22.0. The highest BCUT2D eigenvalue weighted by atomic mass is 35.5. The molecule has 2 atom stereocenters. The zero-order chi connectivity index (χ0) is 22.9. The average molecular weight is 485 g/mol. The van der Waals surface area contributed by atoms with Crippen molar-refractivity contribution < 1.29 is 14.0 Å². The van der Waals surface area contributed by atoms with Crippen molar-refractivity contribution in [3.8, 4) is 10.6 Å². The third-order valence-corrected chi connectivity index (χ3v) is 7.61. The number of carbonyl (C=O) groups is 2. The fraction of sp³-hybridized carbons (Fsp3) is 0.333. The van der Waals surface area contributed by atoms with Crippen LogP contribution in [0.5, 0.6) is 0 Å². The van der Waals surface area contributed by atoms with E-state index in [0.717, 1.165) is 23.5 Å². The fourth-order valence-corrected chi connectivity index (χ4v) is 5.65. The summed E-state index contributed by atoms with van der Waals surface area (Å²) in [6, 6.07) is 13.6. The molecule has 0 spiro atoms. The largest absolute Gasteiger partial charge is 0.342 e. The third kappa shape index (κ3) is 4.50. The van der Waals surface area contributed by atoms with Crippen LogP contribution in [0.25, 0.3) is 10.6 Å². The van der Waals surface area contributed by atoms with Crippen LogP contribution in [0.3, 0.4) is 0 Å². The Kier molecular flexibility index (Phi) is 6.12. The van der Waals surface area contributed by atoms with Crippen molar-refractivity contribution >= 4 is 40.4 Å². The number of aromatic nitrogens is 2. The van der Waals surface area contributed by atoms with Crippen molar-refractivity contribution in [1.29, 1.82) is 0 Å². The number of amides is 2. The molecule has 9 heteroatoms. The lowest BCUT2D eigenvalue weighted by molar-refractivity contribution is -0.137. The first-order valence-electron chi connectivity index (χ1n) is 10.9. The fourth-order valence-electron chi connectivity index (χ4n) is 4.52. The number of halogens is 2. The molecular formula is C24H22ClFN4O2S. The van der Waals surface area contributed by atoms with Gasteiger partial charge in [-0.15, -0.1) is 10.2 Å². The molecule has 0 bridgehead atoms. The van der Waals surface area contributed by atoms with Gasteiger partial charge in [-0.2, -0.15) is 0 Å². The first-order valence-corrected chi connectivity index (χ1v) is 12.1. The van der Waals surface area contributed by atoms with Gasteiger partial charge in [0.1, 0.15) is 10.8 Å². The molecule has 6 nitrogen and oxygen atoms in total. The standard InChI is InChI=1S/C24H22ClFN4O2S/c25-17-7-9-18(10-8-17)30-14-16(12-21(30)31)24(32)29-11-3-4-15(13-29)22-27-28-23(33-22)19-5-1-2-6-20(19)26/h1-2,5-10,15-16H,3-4,11-14H2/t15-,16+/m0/s1. The van der Waals surface area contributed by atoms with Crippen LogP contribution < -0.4 is 4.90 Å². The molecule has 2 aliphatic rings. The second-order valence-corrected chi connectivity index (χ2v) is 9.88. The molecule has 2 saturated heterocycles. The molecule has 3 heterocycles. The molecule has 170 valence electrons. The maximum atomic E-state index is 14.1. The average Bonchev–Trinajstić information content (AvgIpc) is 3.47. The van der Waals surface area contributed by atoms with Gasteiger partial charge < -0.3 is 9.80 Å². The predicted octanol–water partition coefficient (Wildman–Crippen LogP) is 4.76. The number of likely N-dealkylation sites (tertiary alicyclic amines) is 1. The number of benzene rings is 2. The van der Waals surface area contributed by atoms with Crippen molar-refractivity contribution in [3.63, 3.8) is 0 Å². The van der Waals surface area contributed by atoms with Gasteiger partial charge in [0, 0.05) is 48.2 Å². The number of hydrogen-bond acceptors (Lipinski definition) is 5. The van der Waals surface area contributed by atoms with Gasteiger partial charge in [-0.05, 0) is 49.2 Å². The van der Waals surface area contributed by atoms with Crippen LogP contribution >= 0.6 is 22.9 Å². The Labute approximate surface area is 200 Å². The summed E-state index contributed by atoms with van der Waals surface area (Å²) in [5.41, 5.74) is 1.20. The van der Waals surface area contributed by atoms with Crippen molar-refractivity contribution in [2.45, 2.75) is 25.2 Å². The Bertz CT molecular complexity index is 1190. The second-order valence-electron chi connectivity index (χ2n) is 8.43. The maximum Gasteiger partial charge on any atom is 0.228 e. The lowest BCUT2D eigenvalue weighted by Gasteiger charge is -2.33. The smallest absolute Gasteiger partial charge is 0.228 e. The summed E-state index contributed by atoms with van der Waals surface area (Å²) in [6.07, 6.45) is 1.96. The summed E-state index contributed by atoms with van der Waals surface area (Å²) < 4.78 is 14.1. The summed E-state index contributed by atoms with van der Waals surface area (Å²) in [7, 11) is 0. The molecule has 2 aliphatic heterocycles. The predicted molar refractivity (Wildman–Crippen MR) is 126 cm³/mol. The van der Waals surface area contributed by atoms with Crippen LogP contribution in [0.4, 0.5) is 10.1 Å². The molecule has 5 rings (SSSR count). The van der Waals surface area contributed by atoms with Gasteiger partial charge in [0.05, 0.1) is 5.92 Å². The third-order valence-electron chi connectivity index (χ3n) is 6.24. The van der Waals surface area contributed by atoms with Crippen LogP contribution in [0, 0.1) is 11.7 Å². The minimum atomic E-state index is -0.365. The summed E-state index contributed by atoms with van der Waals surface area (Å²) >= 11 is 7.33. The highest BCUT2D eigenvalue weighted by molar-refractivity contribution is 7.14. The Morgan fingerprint density at radius 1 is 1.09 bits per heavy atom. The highest BCUT2D eigenvalue weighted by Gasteiger charge is 2.39. The minimum Gasteiger partial charge on any atom is -0.342 e. The molecular weight excluding hydrogens is 463 g/mol. The van der Waals surface area contributed by atoms with E-state index in [2.05, 4.69) is 10.2 Å². The molecule has 33 heavy (non-hydrogen) atoms. The lowest BCUT2D eigenvalue weighted by Crippen LogP contribution is -2.43. The lowest BCUT2D eigenvalue weighted by atomic mass is 9.97. The summed E-state index contributed by atoms with van der Waals surface area (Å²) in [6.45, 7) is 1.58. The first-order chi connectivity index (χ1) is 16.0. The summed E-state index contributed by atoms with van der Waals surface area (Å²) in [5.74, 6) is -0.677. The Morgan fingerprint density at radius 3 is 2.67 bits per heavy atom. The zero-order valence-electron chi connectivity index (χ0n) is 17.8. The maximum absolute atomic E-state index is 14.1.